The summed E-state index contributed by atoms with van der Waals surface area (Å²) in [5.74, 6) is 0.892. The molecule has 2 N–H and O–H groups in total. The number of nitrogens with one attached hydrogen (secondary N) is 2. The lowest BCUT2D eigenvalue weighted by atomic mass is 10.1. The number of benzene rings is 1. The van der Waals surface area contributed by atoms with Crippen molar-refractivity contribution in [1.82, 2.24) is 20.4 Å². The zero-order valence-electron chi connectivity index (χ0n) is 18.0. The molecule has 0 aliphatic carbocycles. The Kier molecular flexibility index (Phi) is 8.07. The molecular formula is C22H33N5O3. The quantitative estimate of drug-likeness (QED) is 0.539. The van der Waals surface area contributed by atoms with Crippen molar-refractivity contribution in [2.24, 2.45) is 4.99 Å². The molecule has 1 aromatic carbocycles. The Morgan fingerprint density at radius 1 is 1.10 bits per heavy atom. The van der Waals surface area contributed by atoms with Crippen molar-refractivity contribution in [3.63, 3.8) is 0 Å². The second kappa shape index (κ2) is 11.0. The molecule has 1 unspecified atom stereocenters. The van der Waals surface area contributed by atoms with E-state index in [4.69, 9.17) is 9.73 Å². The molecule has 0 bridgehead atoms. The van der Waals surface area contributed by atoms with Crippen molar-refractivity contribution in [3.05, 3.63) is 35.4 Å². The summed E-state index contributed by atoms with van der Waals surface area (Å²) in [6.07, 6.45) is 1.54. The number of carbonyl (C=O) groups is 2. The molecule has 3 rings (SSSR count). The van der Waals surface area contributed by atoms with Gasteiger partial charge in [0.1, 0.15) is 6.10 Å². The van der Waals surface area contributed by atoms with Crippen LogP contribution in [0.3, 0.4) is 0 Å². The van der Waals surface area contributed by atoms with Crippen molar-refractivity contribution < 1.29 is 14.3 Å². The number of hydrogen-bond donors (Lipinski definition) is 2. The molecule has 2 saturated heterocycles. The van der Waals surface area contributed by atoms with E-state index in [1.807, 2.05) is 43.0 Å². The molecule has 0 spiro atoms. The standard InChI is InChI=1S/C22H33N5O3/c1-3-23-20(28)18-8-5-7-17(15-18)16-25-22(24-4-2)27-12-10-26(11-13-27)21(29)19-9-6-14-30-19/h5,7-8,15,19H,3-4,6,9-14,16H2,1-2H3,(H,23,28)(H,24,25). The fourth-order valence-corrected chi connectivity index (χ4v) is 3.78. The van der Waals surface area contributed by atoms with Gasteiger partial charge in [0.15, 0.2) is 5.96 Å². The fraction of sp³-hybridized carbons (Fsp3) is 0.591. The highest BCUT2D eigenvalue weighted by Gasteiger charge is 2.30. The lowest BCUT2D eigenvalue weighted by Gasteiger charge is -2.37. The number of piperazine rings is 1. The van der Waals surface area contributed by atoms with Crippen LogP contribution in [0.25, 0.3) is 0 Å². The minimum absolute atomic E-state index is 0.0673. The van der Waals surface area contributed by atoms with Crippen molar-refractivity contribution in [1.29, 1.82) is 0 Å². The maximum Gasteiger partial charge on any atom is 0.251 e. The van der Waals surface area contributed by atoms with Gasteiger partial charge in [0.25, 0.3) is 11.8 Å². The summed E-state index contributed by atoms with van der Waals surface area (Å²) in [5.41, 5.74) is 1.64. The van der Waals surface area contributed by atoms with E-state index in [1.54, 1.807) is 0 Å². The second-order valence-electron chi connectivity index (χ2n) is 7.54. The number of amides is 2. The van der Waals surface area contributed by atoms with Crippen LogP contribution < -0.4 is 10.6 Å². The van der Waals surface area contributed by atoms with Crippen LogP contribution in [0.15, 0.2) is 29.3 Å². The number of rotatable bonds is 6. The van der Waals surface area contributed by atoms with Gasteiger partial charge in [0.05, 0.1) is 6.54 Å². The third-order valence-electron chi connectivity index (χ3n) is 5.37. The van der Waals surface area contributed by atoms with E-state index in [-0.39, 0.29) is 17.9 Å². The Morgan fingerprint density at radius 2 is 1.83 bits per heavy atom. The highest BCUT2D eigenvalue weighted by Crippen LogP contribution is 2.16. The van der Waals surface area contributed by atoms with Crippen LogP contribution >= 0.6 is 0 Å². The number of nitrogens with zero attached hydrogens (tertiary/aromatic N) is 3. The number of hydrogen-bond acceptors (Lipinski definition) is 4. The molecule has 2 fully saturated rings. The summed E-state index contributed by atoms with van der Waals surface area (Å²) >= 11 is 0. The molecule has 1 aromatic rings. The average Bonchev–Trinajstić information content (AvgIpc) is 3.32. The molecule has 164 valence electrons. The summed E-state index contributed by atoms with van der Waals surface area (Å²) in [6.45, 7) is 9.34. The van der Waals surface area contributed by atoms with Gasteiger partial charge < -0.3 is 25.2 Å². The molecule has 0 saturated carbocycles. The summed E-state index contributed by atoms with van der Waals surface area (Å²) in [7, 11) is 0. The summed E-state index contributed by atoms with van der Waals surface area (Å²) < 4.78 is 5.54. The van der Waals surface area contributed by atoms with Crippen molar-refractivity contribution in [2.75, 3.05) is 45.9 Å². The minimum atomic E-state index is -0.254. The third-order valence-corrected chi connectivity index (χ3v) is 5.37. The van der Waals surface area contributed by atoms with E-state index in [0.717, 1.165) is 44.0 Å². The predicted octanol–water partition coefficient (Wildman–Crippen LogP) is 1.23. The smallest absolute Gasteiger partial charge is 0.251 e. The van der Waals surface area contributed by atoms with Gasteiger partial charge in [0.2, 0.25) is 0 Å². The molecule has 2 aliphatic heterocycles. The van der Waals surface area contributed by atoms with Crippen LogP contribution in [0.4, 0.5) is 0 Å². The molecule has 1 atom stereocenters. The first-order chi connectivity index (χ1) is 14.6. The van der Waals surface area contributed by atoms with Crippen molar-refractivity contribution in [3.8, 4) is 0 Å². The SMILES string of the molecule is CCNC(=O)c1cccc(CN=C(NCC)N2CCN(C(=O)C3CCCO3)CC2)c1. The highest BCUT2D eigenvalue weighted by atomic mass is 16.5. The molecule has 8 heteroatoms. The topological polar surface area (TPSA) is 86.3 Å². The van der Waals surface area contributed by atoms with Gasteiger partial charge in [0, 0.05) is 51.4 Å². The Hall–Kier alpha value is -2.61. The zero-order chi connectivity index (χ0) is 21.3. The van der Waals surface area contributed by atoms with E-state index in [0.29, 0.717) is 38.3 Å². The largest absolute Gasteiger partial charge is 0.368 e. The number of ether oxygens (including phenoxy) is 1. The van der Waals surface area contributed by atoms with Crippen LogP contribution in [0.1, 0.15) is 42.6 Å². The first-order valence-corrected chi connectivity index (χ1v) is 10.9. The van der Waals surface area contributed by atoms with Gasteiger partial charge in [-0.2, -0.15) is 0 Å². The first-order valence-electron chi connectivity index (χ1n) is 10.9. The van der Waals surface area contributed by atoms with Crippen LogP contribution in [0, 0.1) is 0 Å². The van der Waals surface area contributed by atoms with Gasteiger partial charge in [-0.3, -0.25) is 9.59 Å². The second-order valence-corrected chi connectivity index (χ2v) is 7.54. The molecular weight excluding hydrogens is 382 g/mol. The van der Waals surface area contributed by atoms with E-state index in [9.17, 15) is 9.59 Å². The molecule has 30 heavy (non-hydrogen) atoms. The van der Waals surface area contributed by atoms with Crippen LogP contribution in [-0.2, 0) is 16.1 Å². The normalized spacial score (nSPS) is 19.7. The van der Waals surface area contributed by atoms with Crippen LogP contribution in [0.5, 0.6) is 0 Å². The van der Waals surface area contributed by atoms with Gasteiger partial charge in [-0.1, -0.05) is 12.1 Å². The Bertz CT molecular complexity index is 753. The minimum Gasteiger partial charge on any atom is -0.368 e. The molecule has 0 radical (unpaired) electrons. The van der Waals surface area contributed by atoms with Crippen molar-refractivity contribution in [2.45, 2.75) is 39.3 Å². The Morgan fingerprint density at radius 3 is 2.50 bits per heavy atom. The van der Waals surface area contributed by atoms with E-state index in [1.165, 1.54) is 0 Å². The van der Waals surface area contributed by atoms with E-state index < -0.39 is 0 Å². The monoisotopic (exact) mass is 415 g/mol. The zero-order valence-corrected chi connectivity index (χ0v) is 18.0. The summed E-state index contributed by atoms with van der Waals surface area (Å²) in [4.78, 5) is 33.5. The number of guanidine groups is 1. The van der Waals surface area contributed by atoms with Gasteiger partial charge in [-0.25, -0.2) is 4.99 Å². The van der Waals surface area contributed by atoms with Gasteiger partial charge in [-0.05, 0) is 44.4 Å². The summed E-state index contributed by atoms with van der Waals surface area (Å²) in [5, 5.41) is 6.17. The fourth-order valence-electron chi connectivity index (χ4n) is 3.78. The molecule has 0 aromatic heterocycles. The Balaban J connectivity index is 1.59. The summed E-state index contributed by atoms with van der Waals surface area (Å²) in [6, 6.07) is 7.57. The number of carbonyl (C=O) groups excluding carboxylic acids is 2. The lowest BCUT2D eigenvalue weighted by molar-refractivity contribution is -0.142. The van der Waals surface area contributed by atoms with Crippen molar-refractivity contribution >= 4 is 17.8 Å². The Labute approximate surface area is 178 Å². The van der Waals surface area contributed by atoms with E-state index >= 15 is 0 Å². The maximum absolute atomic E-state index is 12.6. The molecule has 2 heterocycles. The molecule has 8 nitrogen and oxygen atoms in total. The van der Waals surface area contributed by atoms with Crippen LogP contribution in [0.2, 0.25) is 0 Å². The maximum atomic E-state index is 12.6. The molecule has 2 amide bonds. The first kappa shape index (κ1) is 22.1. The number of aliphatic imine (C=N–C) groups is 1. The predicted molar refractivity (Wildman–Crippen MR) is 116 cm³/mol. The highest BCUT2D eigenvalue weighted by molar-refractivity contribution is 5.94. The molecule has 2 aliphatic rings. The average molecular weight is 416 g/mol. The lowest BCUT2D eigenvalue weighted by Crippen LogP contribution is -2.55. The van der Waals surface area contributed by atoms with Crippen LogP contribution in [-0.4, -0.2) is 79.6 Å². The van der Waals surface area contributed by atoms with E-state index in [2.05, 4.69) is 15.5 Å². The van der Waals surface area contributed by atoms with Gasteiger partial charge >= 0.3 is 0 Å². The van der Waals surface area contributed by atoms with Gasteiger partial charge in [-0.15, -0.1) is 0 Å². The third kappa shape index (κ3) is 5.72.